The molecule has 1 fully saturated rings. The Balaban J connectivity index is 1.59. The highest BCUT2D eigenvalue weighted by Crippen LogP contribution is 2.21. The summed E-state index contributed by atoms with van der Waals surface area (Å²) in [5.74, 6) is 0.598. The van der Waals surface area contributed by atoms with Gasteiger partial charge >= 0.3 is 0 Å². The molecule has 1 aliphatic heterocycles. The molecule has 0 radical (unpaired) electrons. The molecule has 3 rings (SSSR count). The molecule has 2 heterocycles. The van der Waals surface area contributed by atoms with Crippen molar-refractivity contribution in [3.8, 4) is 0 Å². The van der Waals surface area contributed by atoms with Gasteiger partial charge in [-0.05, 0) is 38.0 Å². The van der Waals surface area contributed by atoms with Crippen molar-refractivity contribution in [3.05, 3.63) is 48.0 Å². The third kappa shape index (κ3) is 3.29. The first kappa shape index (κ1) is 13.8. The van der Waals surface area contributed by atoms with E-state index >= 15 is 0 Å². The maximum absolute atomic E-state index is 13.6. The average molecular weight is 286 g/mol. The van der Waals surface area contributed by atoms with E-state index in [2.05, 4.69) is 20.2 Å². The zero-order valence-corrected chi connectivity index (χ0v) is 12.1. The van der Waals surface area contributed by atoms with Crippen LogP contribution in [-0.4, -0.2) is 29.1 Å². The summed E-state index contributed by atoms with van der Waals surface area (Å²) < 4.78 is 13.6. The highest BCUT2D eigenvalue weighted by Gasteiger charge is 2.21. The van der Waals surface area contributed by atoms with Gasteiger partial charge in [0.2, 0.25) is 5.95 Å². The number of anilines is 2. The van der Waals surface area contributed by atoms with Crippen LogP contribution in [0.1, 0.15) is 18.5 Å². The lowest BCUT2D eigenvalue weighted by atomic mass is 10.0. The lowest BCUT2D eigenvalue weighted by molar-refractivity contribution is 0.515. The van der Waals surface area contributed by atoms with Gasteiger partial charge in [-0.3, -0.25) is 0 Å². The van der Waals surface area contributed by atoms with Gasteiger partial charge in [-0.1, -0.05) is 12.1 Å². The number of benzene rings is 1. The Morgan fingerprint density at radius 1 is 1.19 bits per heavy atom. The smallest absolute Gasteiger partial charge is 0.225 e. The minimum atomic E-state index is -0.193. The Kier molecular flexibility index (Phi) is 3.99. The van der Waals surface area contributed by atoms with Crippen LogP contribution in [0.4, 0.5) is 16.0 Å². The number of nitrogens with one attached hydrogen (secondary N) is 1. The van der Waals surface area contributed by atoms with Crippen LogP contribution in [-0.2, 0) is 0 Å². The molecule has 0 atom stereocenters. The number of nitrogens with zero attached hydrogens (tertiary/aromatic N) is 3. The first-order valence-corrected chi connectivity index (χ1v) is 7.28. The van der Waals surface area contributed by atoms with Gasteiger partial charge in [-0.2, -0.15) is 0 Å². The van der Waals surface area contributed by atoms with E-state index in [4.69, 9.17) is 0 Å². The summed E-state index contributed by atoms with van der Waals surface area (Å²) in [6, 6.07) is 9.02. The van der Waals surface area contributed by atoms with Gasteiger partial charge in [0, 0.05) is 31.0 Å². The lowest BCUT2D eigenvalue weighted by Crippen LogP contribution is -2.40. The summed E-state index contributed by atoms with van der Waals surface area (Å²) in [5, 5.41) is 3.29. The summed E-state index contributed by atoms with van der Waals surface area (Å²) in [6.07, 6.45) is 3.69. The van der Waals surface area contributed by atoms with E-state index in [1.807, 2.05) is 19.1 Å². The quantitative estimate of drug-likeness (QED) is 0.941. The average Bonchev–Trinajstić information content (AvgIpc) is 2.50. The van der Waals surface area contributed by atoms with Crippen molar-refractivity contribution >= 4 is 11.6 Å². The van der Waals surface area contributed by atoms with Gasteiger partial charge in [-0.15, -0.1) is 0 Å². The van der Waals surface area contributed by atoms with Gasteiger partial charge in [-0.25, -0.2) is 14.4 Å². The van der Waals surface area contributed by atoms with Crippen LogP contribution in [0, 0.1) is 12.7 Å². The van der Waals surface area contributed by atoms with Crippen LogP contribution < -0.4 is 10.2 Å². The molecule has 1 N–H and O–H groups in total. The van der Waals surface area contributed by atoms with Crippen molar-refractivity contribution in [2.75, 3.05) is 23.3 Å². The first-order valence-electron chi connectivity index (χ1n) is 7.28. The second-order valence-corrected chi connectivity index (χ2v) is 5.38. The van der Waals surface area contributed by atoms with Crippen molar-refractivity contribution in [2.45, 2.75) is 25.8 Å². The van der Waals surface area contributed by atoms with Crippen LogP contribution in [0.15, 0.2) is 36.5 Å². The highest BCUT2D eigenvalue weighted by molar-refractivity contribution is 5.45. The van der Waals surface area contributed by atoms with Gasteiger partial charge in [0.1, 0.15) is 5.82 Å². The van der Waals surface area contributed by atoms with Gasteiger partial charge < -0.3 is 10.2 Å². The molecule has 0 spiro atoms. The molecule has 1 aromatic heterocycles. The van der Waals surface area contributed by atoms with Crippen molar-refractivity contribution in [1.29, 1.82) is 0 Å². The molecule has 0 amide bonds. The first-order chi connectivity index (χ1) is 10.2. The maximum atomic E-state index is 13.6. The third-order valence-electron chi connectivity index (χ3n) is 3.79. The van der Waals surface area contributed by atoms with E-state index in [1.54, 1.807) is 18.3 Å². The Bertz CT molecular complexity index is 609. The van der Waals surface area contributed by atoms with Crippen LogP contribution in [0.25, 0.3) is 0 Å². The number of rotatable bonds is 3. The standard InChI is InChI=1S/C16H19FN4/c1-12-6-9-18-16(19-12)21-10-7-13(8-11-21)20-15-5-3-2-4-14(15)17/h2-6,9,13,20H,7-8,10-11H2,1H3. The van der Waals surface area contributed by atoms with Crippen molar-refractivity contribution in [1.82, 2.24) is 9.97 Å². The van der Waals surface area contributed by atoms with E-state index in [0.717, 1.165) is 37.6 Å². The molecule has 0 bridgehead atoms. The molecule has 1 aliphatic rings. The summed E-state index contributed by atoms with van der Waals surface area (Å²) in [6.45, 7) is 3.74. The molecule has 0 aliphatic carbocycles. The van der Waals surface area contributed by atoms with Crippen LogP contribution in [0.2, 0.25) is 0 Å². The van der Waals surface area contributed by atoms with Crippen LogP contribution >= 0.6 is 0 Å². The number of halogens is 1. The van der Waals surface area contributed by atoms with E-state index in [-0.39, 0.29) is 5.82 Å². The third-order valence-corrected chi connectivity index (χ3v) is 3.79. The Labute approximate surface area is 124 Å². The van der Waals surface area contributed by atoms with Crippen molar-refractivity contribution < 1.29 is 4.39 Å². The predicted molar refractivity (Wildman–Crippen MR) is 82.0 cm³/mol. The second kappa shape index (κ2) is 6.08. The molecule has 1 saturated heterocycles. The van der Waals surface area contributed by atoms with E-state index in [1.165, 1.54) is 6.07 Å². The van der Waals surface area contributed by atoms with Crippen LogP contribution in [0.3, 0.4) is 0 Å². The number of aryl methyl sites for hydroxylation is 1. The fraction of sp³-hybridized carbons (Fsp3) is 0.375. The van der Waals surface area contributed by atoms with Crippen molar-refractivity contribution in [2.24, 2.45) is 0 Å². The Morgan fingerprint density at radius 2 is 1.95 bits per heavy atom. The Morgan fingerprint density at radius 3 is 2.67 bits per heavy atom. The van der Waals surface area contributed by atoms with Crippen LogP contribution in [0.5, 0.6) is 0 Å². The molecular weight excluding hydrogens is 267 g/mol. The molecule has 0 unspecified atom stereocenters. The summed E-state index contributed by atoms with van der Waals surface area (Å²) in [5.41, 5.74) is 1.56. The Hall–Kier alpha value is -2.17. The SMILES string of the molecule is Cc1ccnc(N2CCC(Nc3ccccc3F)CC2)n1. The van der Waals surface area contributed by atoms with E-state index in [0.29, 0.717) is 11.7 Å². The fourth-order valence-corrected chi connectivity index (χ4v) is 2.61. The van der Waals surface area contributed by atoms with Gasteiger partial charge in [0.25, 0.3) is 0 Å². The number of aromatic nitrogens is 2. The second-order valence-electron chi connectivity index (χ2n) is 5.38. The summed E-state index contributed by atoms with van der Waals surface area (Å²) >= 11 is 0. The number of hydrogen-bond donors (Lipinski definition) is 1. The largest absolute Gasteiger partial charge is 0.380 e. The monoisotopic (exact) mass is 286 g/mol. The molecule has 1 aromatic carbocycles. The normalized spacial score (nSPS) is 16.0. The highest BCUT2D eigenvalue weighted by atomic mass is 19.1. The lowest BCUT2D eigenvalue weighted by Gasteiger charge is -2.33. The predicted octanol–water partition coefficient (Wildman–Crippen LogP) is 3.01. The molecule has 21 heavy (non-hydrogen) atoms. The molecule has 110 valence electrons. The topological polar surface area (TPSA) is 41.1 Å². The summed E-state index contributed by atoms with van der Waals surface area (Å²) in [7, 11) is 0. The molecule has 4 nitrogen and oxygen atoms in total. The molecule has 2 aromatic rings. The van der Waals surface area contributed by atoms with Gasteiger partial charge in [0.15, 0.2) is 0 Å². The molecular formula is C16H19FN4. The minimum Gasteiger partial charge on any atom is -0.380 e. The minimum absolute atomic E-state index is 0.193. The van der Waals surface area contributed by atoms with E-state index < -0.39 is 0 Å². The maximum Gasteiger partial charge on any atom is 0.225 e. The zero-order valence-electron chi connectivity index (χ0n) is 12.1. The molecule has 0 saturated carbocycles. The molecule has 5 heteroatoms. The van der Waals surface area contributed by atoms with E-state index in [9.17, 15) is 4.39 Å². The fourth-order valence-electron chi connectivity index (χ4n) is 2.61. The van der Waals surface area contributed by atoms with Gasteiger partial charge in [0.05, 0.1) is 5.69 Å². The van der Waals surface area contributed by atoms with Crippen molar-refractivity contribution in [3.63, 3.8) is 0 Å². The summed E-state index contributed by atoms with van der Waals surface area (Å²) in [4.78, 5) is 11.0. The number of hydrogen-bond acceptors (Lipinski definition) is 4. The number of piperidine rings is 1. The zero-order chi connectivity index (χ0) is 14.7. The number of para-hydroxylation sites is 1.